The van der Waals surface area contributed by atoms with Crippen LogP contribution < -0.4 is 10.6 Å². The maximum Gasteiger partial charge on any atom is 0.244 e. The van der Waals surface area contributed by atoms with Crippen molar-refractivity contribution < 1.29 is 4.79 Å². The lowest BCUT2D eigenvalue weighted by molar-refractivity contribution is -0.128. The number of aliphatic imine (C=N–C) groups is 1. The fourth-order valence-corrected chi connectivity index (χ4v) is 2.54. The number of guanidine groups is 1. The van der Waals surface area contributed by atoms with E-state index in [2.05, 4.69) is 29.5 Å². The SMILES string of the molecule is CCCCCC(C)NC(=NCC(=O)N1CCCC1)NCC.I. The molecule has 1 atom stereocenters. The van der Waals surface area contributed by atoms with Crippen LogP contribution in [0.2, 0.25) is 0 Å². The smallest absolute Gasteiger partial charge is 0.244 e. The zero-order valence-electron chi connectivity index (χ0n) is 14.4. The van der Waals surface area contributed by atoms with Crippen LogP contribution in [0.5, 0.6) is 0 Å². The van der Waals surface area contributed by atoms with Crippen LogP contribution in [0.15, 0.2) is 4.99 Å². The molecule has 0 aliphatic carbocycles. The van der Waals surface area contributed by atoms with Crippen LogP contribution in [0.25, 0.3) is 0 Å². The van der Waals surface area contributed by atoms with Crippen LogP contribution >= 0.6 is 24.0 Å². The summed E-state index contributed by atoms with van der Waals surface area (Å²) in [6, 6.07) is 0.385. The molecule has 0 bridgehead atoms. The van der Waals surface area contributed by atoms with E-state index in [0.29, 0.717) is 6.04 Å². The van der Waals surface area contributed by atoms with Gasteiger partial charge in [0.25, 0.3) is 0 Å². The molecule has 1 fully saturated rings. The van der Waals surface area contributed by atoms with Crippen LogP contribution in [-0.4, -0.2) is 49.0 Å². The number of carbonyl (C=O) groups is 1. The van der Waals surface area contributed by atoms with Crippen molar-refractivity contribution in [3.63, 3.8) is 0 Å². The van der Waals surface area contributed by atoms with E-state index in [1.54, 1.807) is 0 Å². The number of unbranched alkanes of at least 4 members (excludes halogenated alkanes) is 2. The van der Waals surface area contributed by atoms with Gasteiger partial charge in [0.1, 0.15) is 6.54 Å². The van der Waals surface area contributed by atoms with Gasteiger partial charge in [-0.05, 0) is 33.1 Å². The average molecular weight is 424 g/mol. The molecule has 0 spiro atoms. The summed E-state index contributed by atoms with van der Waals surface area (Å²) in [5.74, 6) is 0.900. The molecule has 5 nitrogen and oxygen atoms in total. The second-order valence-corrected chi connectivity index (χ2v) is 5.82. The molecule has 2 N–H and O–H groups in total. The molecule has 0 radical (unpaired) electrons. The van der Waals surface area contributed by atoms with Gasteiger partial charge in [-0.2, -0.15) is 0 Å². The quantitative estimate of drug-likeness (QED) is 0.273. The lowest BCUT2D eigenvalue weighted by atomic mass is 10.1. The number of likely N-dealkylation sites (tertiary alicyclic amines) is 1. The maximum absolute atomic E-state index is 12.0. The van der Waals surface area contributed by atoms with E-state index < -0.39 is 0 Å². The summed E-state index contributed by atoms with van der Waals surface area (Å²) in [6.45, 7) is 9.28. The third-order valence-electron chi connectivity index (χ3n) is 3.80. The molecule has 6 heteroatoms. The first-order chi connectivity index (χ1) is 10.2. The molecule has 0 aromatic carbocycles. The third-order valence-corrected chi connectivity index (χ3v) is 3.80. The fourth-order valence-electron chi connectivity index (χ4n) is 2.54. The second-order valence-electron chi connectivity index (χ2n) is 5.82. The minimum atomic E-state index is 0. The monoisotopic (exact) mass is 424 g/mol. The molecule has 1 aliphatic heterocycles. The lowest BCUT2D eigenvalue weighted by Gasteiger charge is -2.18. The van der Waals surface area contributed by atoms with Gasteiger partial charge in [0.05, 0.1) is 0 Å². The number of halogens is 1. The van der Waals surface area contributed by atoms with Crippen molar-refractivity contribution in [1.82, 2.24) is 15.5 Å². The number of nitrogens with one attached hydrogen (secondary N) is 2. The van der Waals surface area contributed by atoms with Gasteiger partial charge in [0.15, 0.2) is 5.96 Å². The summed E-state index contributed by atoms with van der Waals surface area (Å²) < 4.78 is 0. The minimum absolute atomic E-state index is 0. The number of hydrogen-bond acceptors (Lipinski definition) is 2. The van der Waals surface area contributed by atoms with Crippen LogP contribution in [0.3, 0.4) is 0 Å². The summed E-state index contributed by atoms with van der Waals surface area (Å²) >= 11 is 0. The van der Waals surface area contributed by atoms with Crippen molar-refractivity contribution >= 4 is 35.8 Å². The first-order valence-corrected chi connectivity index (χ1v) is 8.50. The highest BCUT2D eigenvalue weighted by Gasteiger charge is 2.17. The van der Waals surface area contributed by atoms with E-state index in [-0.39, 0.29) is 36.4 Å². The van der Waals surface area contributed by atoms with Crippen molar-refractivity contribution in [3.8, 4) is 0 Å². The van der Waals surface area contributed by atoms with Crippen molar-refractivity contribution in [2.24, 2.45) is 4.99 Å². The highest BCUT2D eigenvalue weighted by atomic mass is 127. The molecular weight excluding hydrogens is 391 g/mol. The Bertz CT molecular complexity index is 330. The van der Waals surface area contributed by atoms with E-state index in [1.807, 2.05) is 11.8 Å². The summed E-state index contributed by atoms with van der Waals surface area (Å²) in [5.41, 5.74) is 0. The lowest BCUT2D eigenvalue weighted by Crippen LogP contribution is -2.43. The standard InChI is InChI=1S/C16H32N4O.HI/c1-4-6-7-10-14(3)19-16(17-5-2)18-13-15(21)20-11-8-9-12-20;/h14H,4-13H2,1-3H3,(H2,17,18,19);1H. The minimum Gasteiger partial charge on any atom is -0.357 e. The number of hydrogen-bond donors (Lipinski definition) is 2. The summed E-state index contributed by atoms with van der Waals surface area (Å²) in [5, 5.41) is 6.61. The van der Waals surface area contributed by atoms with Crippen LogP contribution in [-0.2, 0) is 4.79 Å². The van der Waals surface area contributed by atoms with E-state index in [0.717, 1.165) is 44.9 Å². The molecule has 22 heavy (non-hydrogen) atoms. The average Bonchev–Trinajstić information content (AvgIpc) is 2.99. The molecule has 130 valence electrons. The largest absolute Gasteiger partial charge is 0.357 e. The normalized spacial score (nSPS) is 16.1. The summed E-state index contributed by atoms with van der Waals surface area (Å²) in [6.07, 6.45) is 7.14. The third kappa shape index (κ3) is 8.80. The fraction of sp³-hybridized carbons (Fsp3) is 0.875. The van der Waals surface area contributed by atoms with Gasteiger partial charge in [0, 0.05) is 25.7 Å². The summed E-state index contributed by atoms with van der Waals surface area (Å²) in [4.78, 5) is 18.4. The van der Waals surface area contributed by atoms with Crippen molar-refractivity contribution in [2.45, 2.75) is 65.3 Å². The molecule has 1 rings (SSSR count). The zero-order valence-corrected chi connectivity index (χ0v) is 16.7. The van der Waals surface area contributed by atoms with E-state index in [1.165, 1.54) is 19.3 Å². The van der Waals surface area contributed by atoms with Gasteiger partial charge in [-0.25, -0.2) is 4.99 Å². The van der Waals surface area contributed by atoms with Gasteiger partial charge in [-0.15, -0.1) is 24.0 Å². The highest BCUT2D eigenvalue weighted by Crippen LogP contribution is 2.07. The van der Waals surface area contributed by atoms with E-state index >= 15 is 0 Å². The molecule has 1 amide bonds. The number of nitrogens with zero attached hydrogens (tertiary/aromatic N) is 2. The van der Waals surface area contributed by atoms with Crippen LogP contribution in [0.4, 0.5) is 0 Å². The molecule has 1 saturated heterocycles. The highest BCUT2D eigenvalue weighted by molar-refractivity contribution is 14.0. The van der Waals surface area contributed by atoms with Gasteiger partial charge < -0.3 is 15.5 Å². The zero-order chi connectivity index (χ0) is 15.5. The van der Waals surface area contributed by atoms with Gasteiger partial charge in [0.2, 0.25) is 5.91 Å². The predicted octanol–water partition coefficient (Wildman–Crippen LogP) is 2.75. The van der Waals surface area contributed by atoms with Gasteiger partial charge in [-0.1, -0.05) is 26.2 Å². The first kappa shape index (κ1) is 21.5. The predicted molar refractivity (Wildman–Crippen MR) is 104 cm³/mol. The Balaban J connectivity index is 0.00000441. The number of carbonyl (C=O) groups excluding carboxylic acids is 1. The Morgan fingerprint density at radius 1 is 1.23 bits per heavy atom. The van der Waals surface area contributed by atoms with Crippen molar-refractivity contribution in [2.75, 3.05) is 26.2 Å². The van der Waals surface area contributed by atoms with Gasteiger partial charge in [-0.3, -0.25) is 4.79 Å². The number of amides is 1. The Kier molecular flexibility index (Phi) is 12.6. The number of rotatable bonds is 8. The molecule has 1 aliphatic rings. The van der Waals surface area contributed by atoms with E-state index in [9.17, 15) is 4.79 Å². The Morgan fingerprint density at radius 2 is 1.91 bits per heavy atom. The first-order valence-electron chi connectivity index (χ1n) is 8.50. The van der Waals surface area contributed by atoms with Crippen LogP contribution in [0.1, 0.15) is 59.3 Å². The topological polar surface area (TPSA) is 56.7 Å². The van der Waals surface area contributed by atoms with Crippen molar-refractivity contribution in [1.29, 1.82) is 0 Å². The maximum atomic E-state index is 12.0. The Labute approximate surface area is 152 Å². The molecule has 1 unspecified atom stereocenters. The Morgan fingerprint density at radius 3 is 2.50 bits per heavy atom. The Hall–Kier alpha value is -0.530. The molecule has 0 saturated carbocycles. The molecular formula is C16H33IN4O. The van der Waals surface area contributed by atoms with E-state index in [4.69, 9.17) is 0 Å². The van der Waals surface area contributed by atoms with Gasteiger partial charge >= 0.3 is 0 Å². The molecule has 0 aromatic heterocycles. The molecule has 1 heterocycles. The summed E-state index contributed by atoms with van der Waals surface area (Å²) in [7, 11) is 0. The van der Waals surface area contributed by atoms with Crippen LogP contribution in [0, 0.1) is 0 Å². The molecule has 0 aromatic rings. The van der Waals surface area contributed by atoms with Crippen molar-refractivity contribution in [3.05, 3.63) is 0 Å². The second kappa shape index (κ2) is 13.0.